The molecule has 0 radical (unpaired) electrons. The van der Waals surface area contributed by atoms with Crippen LogP contribution in [-0.4, -0.2) is 45.2 Å². The van der Waals surface area contributed by atoms with Gasteiger partial charge in [-0.3, -0.25) is 0 Å². The lowest BCUT2D eigenvalue weighted by Crippen LogP contribution is -2.39. The van der Waals surface area contributed by atoms with E-state index in [1.54, 1.807) is 20.8 Å². The lowest BCUT2D eigenvalue weighted by Gasteiger charge is -2.29. The summed E-state index contributed by atoms with van der Waals surface area (Å²) in [6.07, 6.45) is 2.75. The Labute approximate surface area is 118 Å². The van der Waals surface area contributed by atoms with Gasteiger partial charge >= 0.3 is 0 Å². The maximum Gasteiger partial charge on any atom is 0.155 e. The number of sulfone groups is 1. The Morgan fingerprint density at radius 2 is 2.00 bits per heavy atom. The summed E-state index contributed by atoms with van der Waals surface area (Å²) in [5.74, 6) is 0.258. The van der Waals surface area contributed by atoms with Crippen LogP contribution in [0.3, 0.4) is 0 Å². The molecule has 1 saturated heterocycles. The molecule has 114 valence electrons. The highest BCUT2D eigenvalue weighted by Crippen LogP contribution is 2.33. The number of nitrogens with one attached hydrogen (secondary N) is 1. The average molecular weight is 291 g/mol. The van der Waals surface area contributed by atoms with Gasteiger partial charge in [-0.05, 0) is 46.6 Å². The van der Waals surface area contributed by atoms with Crippen LogP contribution in [0.2, 0.25) is 0 Å². The van der Waals surface area contributed by atoms with E-state index in [1.165, 1.54) is 0 Å². The van der Waals surface area contributed by atoms with Gasteiger partial charge in [0, 0.05) is 18.6 Å². The van der Waals surface area contributed by atoms with Crippen LogP contribution in [0.4, 0.5) is 0 Å². The lowest BCUT2D eigenvalue weighted by molar-refractivity contribution is 0.147. The zero-order chi connectivity index (χ0) is 14.6. The van der Waals surface area contributed by atoms with Gasteiger partial charge in [-0.2, -0.15) is 0 Å². The van der Waals surface area contributed by atoms with E-state index in [0.29, 0.717) is 13.0 Å². The predicted molar refractivity (Wildman–Crippen MR) is 79.2 cm³/mol. The molecule has 0 bridgehead atoms. The second-order valence-electron chi connectivity index (χ2n) is 6.66. The van der Waals surface area contributed by atoms with Gasteiger partial charge in [0.05, 0.1) is 17.1 Å². The quantitative estimate of drug-likeness (QED) is 0.729. The topological polar surface area (TPSA) is 55.4 Å². The van der Waals surface area contributed by atoms with Gasteiger partial charge in [-0.15, -0.1) is 0 Å². The molecule has 19 heavy (non-hydrogen) atoms. The molecule has 1 aliphatic heterocycles. The highest BCUT2D eigenvalue weighted by molar-refractivity contribution is 7.92. The molecule has 0 aromatic carbocycles. The van der Waals surface area contributed by atoms with E-state index in [0.717, 1.165) is 32.5 Å². The Balaban J connectivity index is 2.60. The summed E-state index contributed by atoms with van der Waals surface area (Å²) in [5, 5.41) is 3.42. The standard InChI is InChI=1S/C14H29NO3S/c1-5-8-15-11-14(6-9-18-12-14)7-10-19(16,17)13(2,3)4/h15H,5-12H2,1-4H3. The van der Waals surface area contributed by atoms with Crippen molar-refractivity contribution in [1.29, 1.82) is 0 Å². The molecule has 0 amide bonds. The molecule has 0 spiro atoms. The average Bonchev–Trinajstić information content (AvgIpc) is 2.75. The van der Waals surface area contributed by atoms with Crippen molar-refractivity contribution in [2.45, 2.75) is 51.7 Å². The van der Waals surface area contributed by atoms with Gasteiger partial charge < -0.3 is 10.1 Å². The van der Waals surface area contributed by atoms with Gasteiger partial charge in [0.2, 0.25) is 0 Å². The summed E-state index contributed by atoms with van der Waals surface area (Å²) in [6.45, 7) is 10.7. The van der Waals surface area contributed by atoms with Gasteiger partial charge in [-0.25, -0.2) is 8.42 Å². The first-order valence-electron chi connectivity index (χ1n) is 7.23. The van der Waals surface area contributed by atoms with Gasteiger partial charge in [0.1, 0.15) is 0 Å². The SMILES string of the molecule is CCCNCC1(CCS(=O)(=O)C(C)(C)C)CCOC1. The number of hydrogen-bond acceptors (Lipinski definition) is 4. The first kappa shape index (κ1) is 16.9. The van der Waals surface area contributed by atoms with Crippen molar-refractivity contribution in [1.82, 2.24) is 5.32 Å². The third kappa shape index (κ3) is 4.72. The number of ether oxygens (including phenoxy) is 1. The van der Waals surface area contributed by atoms with E-state index in [2.05, 4.69) is 12.2 Å². The van der Waals surface area contributed by atoms with Gasteiger partial charge in [-0.1, -0.05) is 6.92 Å². The molecule has 5 heteroatoms. The molecule has 1 unspecified atom stereocenters. The molecule has 1 N–H and O–H groups in total. The van der Waals surface area contributed by atoms with Crippen molar-refractivity contribution in [3.05, 3.63) is 0 Å². The third-order valence-electron chi connectivity index (χ3n) is 3.95. The summed E-state index contributed by atoms with van der Waals surface area (Å²) in [5.41, 5.74) is 0.00743. The molecule has 1 rings (SSSR count). The van der Waals surface area contributed by atoms with Crippen LogP contribution < -0.4 is 5.32 Å². The van der Waals surface area contributed by atoms with Crippen LogP contribution in [-0.2, 0) is 14.6 Å². The van der Waals surface area contributed by atoms with E-state index in [4.69, 9.17) is 4.74 Å². The predicted octanol–water partition coefficient (Wildman–Crippen LogP) is 2.00. The van der Waals surface area contributed by atoms with E-state index in [9.17, 15) is 8.42 Å². The first-order chi connectivity index (χ1) is 8.72. The fraction of sp³-hybridized carbons (Fsp3) is 1.00. The normalized spacial score (nSPS) is 24.8. The molecule has 0 aliphatic carbocycles. The van der Waals surface area contributed by atoms with E-state index < -0.39 is 14.6 Å². The molecule has 0 aromatic rings. The van der Waals surface area contributed by atoms with Crippen LogP contribution in [0.5, 0.6) is 0 Å². The summed E-state index contributed by atoms with van der Waals surface area (Å²) in [4.78, 5) is 0. The molecule has 1 heterocycles. The largest absolute Gasteiger partial charge is 0.381 e. The minimum absolute atomic E-state index is 0.00743. The Morgan fingerprint density at radius 1 is 1.32 bits per heavy atom. The van der Waals surface area contributed by atoms with Crippen LogP contribution in [0, 0.1) is 5.41 Å². The first-order valence-corrected chi connectivity index (χ1v) is 8.88. The van der Waals surface area contributed by atoms with Gasteiger partial charge in [0.15, 0.2) is 9.84 Å². The van der Waals surface area contributed by atoms with Crippen molar-refractivity contribution < 1.29 is 13.2 Å². The zero-order valence-corrected chi connectivity index (χ0v) is 13.6. The van der Waals surface area contributed by atoms with Crippen molar-refractivity contribution in [3.63, 3.8) is 0 Å². The molecule has 0 aromatic heterocycles. The van der Waals surface area contributed by atoms with E-state index in [-0.39, 0.29) is 11.2 Å². The Hall–Kier alpha value is -0.130. The molecule has 1 aliphatic rings. The Kier molecular flexibility index (Phi) is 5.83. The molecular weight excluding hydrogens is 262 g/mol. The zero-order valence-electron chi connectivity index (χ0n) is 12.8. The highest BCUT2D eigenvalue weighted by Gasteiger charge is 2.38. The highest BCUT2D eigenvalue weighted by atomic mass is 32.2. The van der Waals surface area contributed by atoms with E-state index in [1.807, 2.05) is 0 Å². The van der Waals surface area contributed by atoms with Crippen LogP contribution in [0.15, 0.2) is 0 Å². The maximum absolute atomic E-state index is 12.2. The molecular formula is C14H29NO3S. The minimum Gasteiger partial charge on any atom is -0.381 e. The number of hydrogen-bond donors (Lipinski definition) is 1. The molecule has 1 atom stereocenters. The molecule has 1 fully saturated rings. The van der Waals surface area contributed by atoms with Crippen LogP contribution in [0.1, 0.15) is 47.0 Å². The summed E-state index contributed by atoms with van der Waals surface area (Å²) >= 11 is 0. The van der Waals surface area contributed by atoms with Crippen molar-refractivity contribution in [2.24, 2.45) is 5.41 Å². The van der Waals surface area contributed by atoms with E-state index >= 15 is 0 Å². The minimum atomic E-state index is -3.04. The van der Waals surface area contributed by atoms with Gasteiger partial charge in [0.25, 0.3) is 0 Å². The van der Waals surface area contributed by atoms with Crippen molar-refractivity contribution in [2.75, 3.05) is 32.1 Å². The molecule has 4 nitrogen and oxygen atoms in total. The second kappa shape index (κ2) is 6.55. The monoisotopic (exact) mass is 291 g/mol. The Morgan fingerprint density at radius 3 is 2.47 bits per heavy atom. The van der Waals surface area contributed by atoms with Crippen LogP contribution >= 0.6 is 0 Å². The second-order valence-corrected chi connectivity index (χ2v) is 9.52. The Bertz CT molecular complexity index is 365. The fourth-order valence-electron chi connectivity index (χ4n) is 2.26. The van der Waals surface area contributed by atoms with Crippen molar-refractivity contribution >= 4 is 9.84 Å². The van der Waals surface area contributed by atoms with Crippen molar-refractivity contribution in [3.8, 4) is 0 Å². The maximum atomic E-state index is 12.2. The number of rotatable bonds is 7. The molecule has 0 saturated carbocycles. The lowest BCUT2D eigenvalue weighted by atomic mass is 9.84. The summed E-state index contributed by atoms with van der Waals surface area (Å²) < 4.78 is 29.3. The third-order valence-corrected chi connectivity index (χ3v) is 6.55. The fourth-order valence-corrected chi connectivity index (χ4v) is 3.58. The smallest absolute Gasteiger partial charge is 0.155 e. The summed E-state index contributed by atoms with van der Waals surface area (Å²) in [6, 6.07) is 0. The summed E-state index contributed by atoms with van der Waals surface area (Å²) in [7, 11) is -3.04. The van der Waals surface area contributed by atoms with Crippen LogP contribution in [0.25, 0.3) is 0 Å².